The van der Waals surface area contributed by atoms with Crippen LogP contribution in [0.5, 0.6) is 5.75 Å². The molecule has 1 aliphatic rings. The van der Waals surface area contributed by atoms with Gasteiger partial charge in [-0.2, -0.15) is 28.1 Å². The zero-order valence-corrected chi connectivity index (χ0v) is 21.9. The summed E-state index contributed by atoms with van der Waals surface area (Å²) in [6.45, 7) is 0. The third-order valence-corrected chi connectivity index (χ3v) is 10.3. The van der Waals surface area contributed by atoms with E-state index in [0.29, 0.717) is 0 Å². The Morgan fingerprint density at radius 2 is 1.42 bits per heavy atom. The number of hydrogen-bond acceptors (Lipinski definition) is 2. The highest BCUT2D eigenvalue weighted by molar-refractivity contribution is 9.48. The Bertz CT molecular complexity index is 673. The van der Waals surface area contributed by atoms with Crippen molar-refractivity contribution in [3.05, 3.63) is 30.3 Å². The van der Waals surface area contributed by atoms with E-state index in [4.69, 9.17) is 16.3 Å². The minimum Gasteiger partial charge on any atom is -0.464 e. The fourth-order valence-electron chi connectivity index (χ4n) is 2.22. The molecule has 1 aromatic carbocycles. The monoisotopic (exact) mass is 734 g/mol. The van der Waals surface area contributed by atoms with Gasteiger partial charge in [-0.25, -0.2) is 22.0 Å². The van der Waals surface area contributed by atoms with E-state index < -0.39 is 41.6 Å². The molecule has 2 rings (SSSR count). The molecule has 1 aromatic rings. The molecule has 2 nitrogen and oxygen atoms in total. The lowest BCUT2D eigenvalue weighted by atomic mass is 9.85. The number of ether oxygens (including phenoxy) is 1. The number of hydrogen-bond donors (Lipinski definition) is 0. The van der Waals surface area contributed by atoms with Gasteiger partial charge in [-0.1, -0.05) is 29.8 Å². The molecule has 1 saturated carbocycles. The highest BCUT2D eigenvalue weighted by Crippen LogP contribution is 2.70. The van der Waals surface area contributed by atoms with E-state index in [0.717, 1.165) is 0 Å². The first-order valence-corrected chi connectivity index (χ1v) is 16.1. The molecule has 0 heterocycles. The van der Waals surface area contributed by atoms with E-state index >= 15 is 22.0 Å². The summed E-state index contributed by atoms with van der Waals surface area (Å²) in [4.78, 5) is 0. The SMILES string of the molecule is FC1C(F)([O][Al]([Br])[Br])C(F)(Br)C(F)(Br)C(F)(Br)C1(Cl)Oc1ccccc1. The van der Waals surface area contributed by atoms with Crippen LogP contribution < -0.4 is 4.74 Å². The first-order chi connectivity index (χ1) is 11.6. The summed E-state index contributed by atoms with van der Waals surface area (Å²) in [6, 6.07) is 6.90. The largest absolute Gasteiger partial charge is 0.655 e. The number of rotatable bonds is 4. The molecule has 0 N–H and O–H groups in total. The fourth-order valence-corrected chi connectivity index (χ4v) is 6.99. The number of halogens is 11. The van der Waals surface area contributed by atoms with Crippen LogP contribution in [0.15, 0.2) is 30.3 Å². The lowest BCUT2D eigenvalue weighted by Crippen LogP contribution is -2.81. The van der Waals surface area contributed by atoms with Crippen LogP contribution in [0.2, 0.25) is 0 Å². The molecular formula is C12H6AlBr5ClF5O2. The maximum atomic E-state index is 15.4. The van der Waals surface area contributed by atoms with Gasteiger partial charge in [0.25, 0.3) is 24.6 Å². The van der Waals surface area contributed by atoms with Crippen LogP contribution in [-0.4, -0.2) is 41.6 Å². The van der Waals surface area contributed by atoms with Crippen LogP contribution in [-0.2, 0) is 3.79 Å². The second kappa shape index (κ2) is 7.84. The molecule has 0 bridgehead atoms. The molecule has 14 heteroatoms. The van der Waals surface area contributed by atoms with Gasteiger partial charge in [0.2, 0.25) is 6.17 Å². The zero-order valence-electron chi connectivity index (χ0n) is 12.0. The van der Waals surface area contributed by atoms with Gasteiger partial charge in [-0.05, 0) is 59.9 Å². The smallest absolute Gasteiger partial charge is 0.464 e. The fraction of sp³-hybridized carbons (Fsp3) is 0.500. The van der Waals surface area contributed by atoms with Gasteiger partial charge in [-0.15, -0.1) is 0 Å². The summed E-state index contributed by atoms with van der Waals surface area (Å²) in [7, 11) is -2.87. The maximum absolute atomic E-state index is 15.4. The van der Waals surface area contributed by atoms with E-state index in [1.807, 2.05) is 0 Å². The lowest BCUT2D eigenvalue weighted by Gasteiger charge is -2.57. The van der Waals surface area contributed by atoms with Crippen molar-refractivity contribution in [3.8, 4) is 5.75 Å². The highest BCUT2D eigenvalue weighted by atomic mass is 79.9. The van der Waals surface area contributed by atoms with E-state index in [1.165, 1.54) is 24.3 Å². The average Bonchev–Trinajstić information content (AvgIpc) is 2.52. The summed E-state index contributed by atoms with van der Waals surface area (Å²) in [5.41, 5.74) is 0. The first-order valence-electron chi connectivity index (χ1n) is 6.50. The third kappa shape index (κ3) is 3.47. The highest BCUT2D eigenvalue weighted by Gasteiger charge is 2.90. The number of benzene rings is 1. The molecule has 1 aliphatic carbocycles. The van der Waals surface area contributed by atoms with Crippen molar-refractivity contribution in [2.75, 3.05) is 0 Å². The Kier molecular flexibility index (Phi) is 7.27. The molecule has 0 aliphatic heterocycles. The van der Waals surface area contributed by atoms with Crippen molar-refractivity contribution in [3.63, 3.8) is 0 Å². The van der Waals surface area contributed by atoms with Crippen molar-refractivity contribution in [2.24, 2.45) is 0 Å². The standard InChI is InChI=1S/C12H6Br3ClF5O2.Al.2BrH/c13-10(19)8(16,23-6-4-2-1-3-5-6)7(17)9(18,22)11(14,20)12(10,15)21;;;/h1-5,7H;;2*1H/q-1;+3;;/p-2. The van der Waals surface area contributed by atoms with Crippen molar-refractivity contribution in [1.82, 2.24) is 0 Å². The molecule has 0 spiro atoms. The van der Waals surface area contributed by atoms with Gasteiger partial charge in [0.15, 0.2) is 0 Å². The number of alkyl halides is 9. The molecule has 0 radical (unpaired) electrons. The van der Waals surface area contributed by atoms with Crippen molar-refractivity contribution >= 4 is 98.3 Å². The Labute approximate surface area is 193 Å². The molecule has 146 valence electrons. The molecular weight excluding hydrogens is 733 g/mol. The molecule has 1 fully saturated rings. The average molecular weight is 739 g/mol. The van der Waals surface area contributed by atoms with E-state index in [9.17, 15) is 0 Å². The second-order valence-corrected chi connectivity index (χ2v) is 18.4. The summed E-state index contributed by atoms with van der Waals surface area (Å²) >= 11 is 18.0. The Balaban J connectivity index is 2.67. The van der Waals surface area contributed by atoms with Crippen LogP contribution in [0.4, 0.5) is 22.0 Å². The van der Waals surface area contributed by atoms with Crippen molar-refractivity contribution < 1.29 is 30.5 Å². The van der Waals surface area contributed by atoms with E-state index in [-0.39, 0.29) is 5.75 Å². The van der Waals surface area contributed by atoms with Crippen LogP contribution >= 0.6 is 87.5 Å². The predicted octanol–water partition coefficient (Wildman–Crippen LogP) is 6.99. The summed E-state index contributed by atoms with van der Waals surface area (Å²) in [5.74, 6) is -4.31. The Morgan fingerprint density at radius 1 is 0.923 bits per heavy atom. The van der Waals surface area contributed by atoms with Gasteiger partial charge in [0.1, 0.15) is 5.75 Å². The van der Waals surface area contributed by atoms with Crippen LogP contribution in [0.3, 0.4) is 0 Å². The molecule has 0 amide bonds. The molecule has 6 unspecified atom stereocenters. The molecule has 0 aromatic heterocycles. The second-order valence-electron chi connectivity index (χ2n) is 5.17. The summed E-state index contributed by atoms with van der Waals surface area (Å²) < 4.78 is 73.9. The van der Waals surface area contributed by atoms with E-state index in [2.05, 4.69) is 79.7 Å². The number of para-hydroxylation sites is 1. The first kappa shape index (κ1) is 24.1. The van der Waals surface area contributed by atoms with Gasteiger partial charge in [0.05, 0.1) is 0 Å². The summed E-state index contributed by atoms with van der Waals surface area (Å²) in [6.07, 6.45) is -3.34. The minimum atomic E-state index is -4.09. The van der Waals surface area contributed by atoms with E-state index in [1.54, 1.807) is 6.07 Å². The van der Waals surface area contributed by atoms with Gasteiger partial charge in [-0.3, -0.25) is 0 Å². The van der Waals surface area contributed by atoms with Crippen molar-refractivity contribution in [1.29, 1.82) is 0 Å². The minimum absolute atomic E-state index is 0.218. The third-order valence-electron chi connectivity index (χ3n) is 3.57. The lowest BCUT2D eigenvalue weighted by molar-refractivity contribution is -0.277. The Morgan fingerprint density at radius 3 is 1.88 bits per heavy atom. The van der Waals surface area contributed by atoms with Crippen LogP contribution in [0, 0.1) is 0 Å². The topological polar surface area (TPSA) is 18.5 Å². The normalized spacial score (nSPS) is 46.0. The Hall–Kier alpha value is 1.85. The molecule has 0 saturated heterocycles. The predicted molar refractivity (Wildman–Crippen MR) is 107 cm³/mol. The zero-order chi connectivity index (χ0) is 20.2. The van der Waals surface area contributed by atoms with Crippen LogP contribution in [0.25, 0.3) is 0 Å². The molecule has 26 heavy (non-hydrogen) atoms. The van der Waals surface area contributed by atoms with Gasteiger partial charge in [0, 0.05) is 0 Å². The van der Waals surface area contributed by atoms with Gasteiger partial charge >= 0.3 is 10.8 Å². The van der Waals surface area contributed by atoms with Gasteiger partial charge < -0.3 is 8.53 Å². The summed E-state index contributed by atoms with van der Waals surface area (Å²) in [5, 5.41) is -3.41. The van der Waals surface area contributed by atoms with Crippen LogP contribution in [0.1, 0.15) is 0 Å². The maximum Gasteiger partial charge on any atom is 0.655 e. The van der Waals surface area contributed by atoms with Crippen molar-refractivity contribution in [2.45, 2.75) is 30.8 Å². The molecule has 6 atom stereocenters. The quantitative estimate of drug-likeness (QED) is 0.189.